The minimum Gasteiger partial charge on any atom is -0.465 e. The van der Waals surface area contributed by atoms with Crippen molar-refractivity contribution in [2.75, 3.05) is 0 Å². The van der Waals surface area contributed by atoms with Crippen LogP contribution in [0.5, 0.6) is 0 Å². The maximum Gasteiger partial charge on any atom is 0.268 e. The number of amides is 1. The highest BCUT2D eigenvalue weighted by molar-refractivity contribution is 7.98. The van der Waals surface area contributed by atoms with E-state index in [2.05, 4.69) is 15.5 Å². The Labute approximate surface area is 108 Å². The summed E-state index contributed by atoms with van der Waals surface area (Å²) in [5, 5.41) is 4.75. The number of hydrazine groups is 1. The number of thioether (sulfide) groups is 1. The summed E-state index contributed by atoms with van der Waals surface area (Å²) in [6, 6.07) is 1.68. The molecule has 0 aromatic carbocycles. The number of hydrogen-bond donors (Lipinski definition) is 2. The third-order valence-corrected chi connectivity index (χ3v) is 3.41. The highest BCUT2D eigenvalue weighted by atomic mass is 32.2. The van der Waals surface area contributed by atoms with Gasteiger partial charge in [0, 0.05) is 7.05 Å². The average molecular weight is 267 g/mol. The molecule has 3 N–H and O–H groups in total. The van der Waals surface area contributed by atoms with E-state index < -0.39 is 0 Å². The van der Waals surface area contributed by atoms with Crippen LogP contribution in [-0.4, -0.2) is 20.7 Å². The Kier molecular flexibility index (Phi) is 3.68. The van der Waals surface area contributed by atoms with E-state index in [0.29, 0.717) is 22.8 Å². The Balaban J connectivity index is 2.07. The van der Waals surface area contributed by atoms with Crippen molar-refractivity contribution < 1.29 is 9.21 Å². The van der Waals surface area contributed by atoms with E-state index in [4.69, 9.17) is 10.3 Å². The highest BCUT2D eigenvalue weighted by Crippen LogP contribution is 2.23. The molecule has 0 spiro atoms. The van der Waals surface area contributed by atoms with E-state index in [1.165, 1.54) is 18.1 Å². The molecule has 2 rings (SSSR count). The predicted molar refractivity (Wildman–Crippen MR) is 65.7 cm³/mol. The van der Waals surface area contributed by atoms with Crippen LogP contribution in [0, 0.1) is 6.92 Å². The largest absolute Gasteiger partial charge is 0.465 e. The van der Waals surface area contributed by atoms with E-state index >= 15 is 0 Å². The lowest BCUT2D eigenvalue weighted by molar-refractivity contribution is 0.0952. The summed E-state index contributed by atoms with van der Waals surface area (Å²) in [7, 11) is 1.82. The monoisotopic (exact) mass is 267 g/mol. The third kappa shape index (κ3) is 2.54. The van der Waals surface area contributed by atoms with Crippen LogP contribution in [0.2, 0.25) is 0 Å². The molecule has 2 aromatic heterocycles. The molecular formula is C10H13N5O2S. The Morgan fingerprint density at radius 2 is 2.44 bits per heavy atom. The van der Waals surface area contributed by atoms with Gasteiger partial charge in [0.2, 0.25) is 0 Å². The van der Waals surface area contributed by atoms with Crippen LogP contribution in [0.4, 0.5) is 0 Å². The van der Waals surface area contributed by atoms with Crippen molar-refractivity contribution in [3.05, 3.63) is 29.5 Å². The molecule has 0 aliphatic heterocycles. The predicted octanol–water partition coefficient (Wildman–Crippen LogP) is 0.612. The SMILES string of the molecule is Cc1oc(CSc2ncnn2C)cc1C(=O)NN. The van der Waals surface area contributed by atoms with E-state index in [-0.39, 0.29) is 5.91 Å². The second-order valence-corrected chi connectivity index (χ2v) is 4.55. The number of carbonyl (C=O) groups excluding carboxylic acids is 1. The zero-order chi connectivity index (χ0) is 13.1. The van der Waals surface area contributed by atoms with Gasteiger partial charge in [0.05, 0.1) is 11.3 Å². The number of aromatic nitrogens is 3. The summed E-state index contributed by atoms with van der Waals surface area (Å²) in [6.45, 7) is 1.72. The fraction of sp³-hybridized carbons (Fsp3) is 0.300. The molecule has 7 nitrogen and oxygen atoms in total. The number of nitrogens with two attached hydrogens (primary N) is 1. The maximum absolute atomic E-state index is 11.4. The summed E-state index contributed by atoms with van der Waals surface area (Å²) in [5.74, 6) is 6.55. The second kappa shape index (κ2) is 5.23. The summed E-state index contributed by atoms with van der Waals surface area (Å²) < 4.78 is 7.16. The van der Waals surface area contributed by atoms with Gasteiger partial charge in [0.1, 0.15) is 17.8 Å². The molecular weight excluding hydrogens is 254 g/mol. The summed E-state index contributed by atoms with van der Waals surface area (Å²) >= 11 is 1.48. The number of aryl methyl sites for hydroxylation is 2. The normalized spacial score (nSPS) is 10.6. The molecule has 0 saturated carbocycles. The van der Waals surface area contributed by atoms with E-state index in [1.807, 2.05) is 7.05 Å². The molecule has 2 aromatic rings. The molecule has 0 radical (unpaired) electrons. The van der Waals surface area contributed by atoms with Crippen molar-refractivity contribution in [3.8, 4) is 0 Å². The van der Waals surface area contributed by atoms with Crippen LogP contribution in [0.3, 0.4) is 0 Å². The minimum atomic E-state index is -0.355. The lowest BCUT2D eigenvalue weighted by atomic mass is 10.2. The summed E-state index contributed by atoms with van der Waals surface area (Å²) in [6.07, 6.45) is 1.49. The van der Waals surface area contributed by atoms with Gasteiger partial charge in [-0.3, -0.25) is 10.2 Å². The zero-order valence-electron chi connectivity index (χ0n) is 10.0. The van der Waals surface area contributed by atoms with Crippen molar-refractivity contribution in [2.45, 2.75) is 17.8 Å². The number of nitrogen functional groups attached to an aromatic ring is 1. The number of nitrogens with one attached hydrogen (secondary N) is 1. The van der Waals surface area contributed by atoms with Crippen molar-refractivity contribution in [1.29, 1.82) is 0 Å². The highest BCUT2D eigenvalue weighted by Gasteiger charge is 2.14. The summed E-state index contributed by atoms with van der Waals surface area (Å²) in [4.78, 5) is 15.5. The van der Waals surface area contributed by atoms with Crippen LogP contribution in [0.25, 0.3) is 0 Å². The van der Waals surface area contributed by atoms with Gasteiger partial charge in [-0.25, -0.2) is 15.5 Å². The molecule has 0 atom stereocenters. The van der Waals surface area contributed by atoms with Crippen LogP contribution in [0.1, 0.15) is 21.9 Å². The van der Waals surface area contributed by atoms with Gasteiger partial charge in [-0.2, -0.15) is 5.10 Å². The fourth-order valence-electron chi connectivity index (χ4n) is 1.47. The molecule has 0 saturated heterocycles. The van der Waals surface area contributed by atoms with Gasteiger partial charge in [0.15, 0.2) is 5.16 Å². The number of rotatable bonds is 4. The molecule has 96 valence electrons. The van der Waals surface area contributed by atoms with E-state index in [9.17, 15) is 4.79 Å². The first-order chi connectivity index (χ1) is 8.61. The Morgan fingerprint density at radius 3 is 3.06 bits per heavy atom. The molecule has 0 bridgehead atoms. The standard InChI is InChI=1S/C10H13N5O2S/c1-6-8(9(16)14-11)3-7(17-6)4-18-10-12-5-13-15(10)2/h3,5H,4,11H2,1-2H3,(H,14,16). The summed E-state index contributed by atoms with van der Waals surface area (Å²) in [5.41, 5.74) is 2.53. The molecule has 1 amide bonds. The quantitative estimate of drug-likeness (QED) is 0.364. The number of nitrogens with zero attached hydrogens (tertiary/aromatic N) is 3. The molecule has 0 fully saturated rings. The first-order valence-corrected chi connectivity index (χ1v) is 6.17. The lowest BCUT2D eigenvalue weighted by Crippen LogP contribution is -2.30. The molecule has 0 aliphatic carbocycles. The van der Waals surface area contributed by atoms with E-state index in [1.54, 1.807) is 17.7 Å². The van der Waals surface area contributed by atoms with Gasteiger partial charge < -0.3 is 4.42 Å². The smallest absolute Gasteiger partial charge is 0.268 e. The molecule has 8 heteroatoms. The first kappa shape index (κ1) is 12.7. The lowest BCUT2D eigenvalue weighted by Gasteiger charge is -1.97. The average Bonchev–Trinajstić information content (AvgIpc) is 2.92. The zero-order valence-corrected chi connectivity index (χ0v) is 10.8. The van der Waals surface area contributed by atoms with Gasteiger partial charge in [-0.15, -0.1) is 0 Å². The van der Waals surface area contributed by atoms with Crippen LogP contribution in [-0.2, 0) is 12.8 Å². The number of furan rings is 1. The Hall–Kier alpha value is -1.80. The van der Waals surface area contributed by atoms with Gasteiger partial charge in [-0.1, -0.05) is 11.8 Å². The molecule has 0 unspecified atom stereocenters. The molecule has 0 aliphatic rings. The minimum absolute atomic E-state index is 0.355. The van der Waals surface area contributed by atoms with Gasteiger partial charge >= 0.3 is 0 Å². The first-order valence-electron chi connectivity index (χ1n) is 5.19. The molecule has 2 heterocycles. The van der Waals surface area contributed by atoms with Crippen molar-refractivity contribution in [1.82, 2.24) is 20.2 Å². The Bertz CT molecular complexity index is 562. The number of hydrogen-bond acceptors (Lipinski definition) is 6. The number of carbonyl (C=O) groups is 1. The van der Waals surface area contributed by atoms with Gasteiger partial charge in [0.25, 0.3) is 5.91 Å². The second-order valence-electron chi connectivity index (χ2n) is 3.61. The molecule has 18 heavy (non-hydrogen) atoms. The Morgan fingerprint density at radius 1 is 1.67 bits per heavy atom. The van der Waals surface area contributed by atoms with Crippen LogP contribution < -0.4 is 11.3 Å². The van der Waals surface area contributed by atoms with E-state index in [0.717, 1.165) is 5.16 Å². The van der Waals surface area contributed by atoms with Crippen LogP contribution >= 0.6 is 11.8 Å². The maximum atomic E-state index is 11.4. The van der Waals surface area contributed by atoms with Crippen molar-refractivity contribution in [3.63, 3.8) is 0 Å². The van der Waals surface area contributed by atoms with Crippen molar-refractivity contribution >= 4 is 17.7 Å². The fourth-order valence-corrected chi connectivity index (χ4v) is 2.24. The van der Waals surface area contributed by atoms with Crippen molar-refractivity contribution in [2.24, 2.45) is 12.9 Å². The van der Waals surface area contributed by atoms with Crippen LogP contribution in [0.15, 0.2) is 22.0 Å². The third-order valence-electron chi connectivity index (χ3n) is 2.36. The topological polar surface area (TPSA) is 99.0 Å². The van der Waals surface area contributed by atoms with Gasteiger partial charge in [-0.05, 0) is 13.0 Å².